The monoisotopic (exact) mass is 286 g/mol. The van der Waals surface area contributed by atoms with Gasteiger partial charge in [-0.1, -0.05) is 38.8 Å². The van der Waals surface area contributed by atoms with Crippen molar-refractivity contribution in [2.75, 3.05) is 13.1 Å². The molecule has 3 atom stereocenters. The lowest BCUT2D eigenvalue weighted by Crippen LogP contribution is -2.55. The first-order valence-corrected chi connectivity index (χ1v) is 10.6. The summed E-state index contributed by atoms with van der Waals surface area (Å²) in [5, 5.41) is 0. The van der Waals surface area contributed by atoms with Crippen molar-refractivity contribution in [3.05, 3.63) is 12.2 Å². The first-order valence-electron chi connectivity index (χ1n) is 7.52. The molecule has 2 rings (SSSR count). The predicted octanol–water partition coefficient (Wildman–Crippen LogP) is 3.71. The summed E-state index contributed by atoms with van der Waals surface area (Å²) in [4.78, 5) is 0. The fraction of sp³-hybridized carbons (Fsp3) is 0.857. The fourth-order valence-corrected chi connectivity index (χ4v) is 9.61. The lowest BCUT2D eigenvalue weighted by molar-refractivity contribution is 0.210. The van der Waals surface area contributed by atoms with E-state index >= 15 is 0 Å². The van der Waals surface area contributed by atoms with Crippen LogP contribution in [0.5, 0.6) is 0 Å². The van der Waals surface area contributed by atoms with Crippen LogP contribution in [0, 0.1) is 0 Å². The molecule has 0 bridgehead atoms. The van der Waals surface area contributed by atoms with Crippen molar-refractivity contribution in [2.45, 2.75) is 64.6 Å². The van der Waals surface area contributed by atoms with Gasteiger partial charge in [-0.25, -0.2) is 0 Å². The molecule has 4 heteroatoms. The largest absolute Gasteiger partial charge is 0.311 e. The summed E-state index contributed by atoms with van der Waals surface area (Å²) < 4.78 is 5.36. The standard InChI is InChI=1S/C14H27ClN2Si/c1-4-7-12-18(15)16(5-2)13-10-8-9-11-14(13)17(18)6-3/h4,7,13-14H,5-6,8-12H2,1-3H3/b7-4+/t13-,14?,18?/m0/s1. The van der Waals surface area contributed by atoms with Crippen LogP contribution in [0.15, 0.2) is 12.2 Å². The number of nitrogens with zero attached hydrogens (tertiary/aromatic N) is 2. The van der Waals surface area contributed by atoms with Gasteiger partial charge in [-0.3, -0.25) is 9.13 Å². The van der Waals surface area contributed by atoms with E-state index in [9.17, 15) is 0 Å². The van der Waals surface area contributed by atoms with Gasteiger partial charge in [-0.05, 0) is 32.9 Å². The first kappa shape index (κ1) is 14.6. The quantitative estimate of drug-likeness (QED) is 0.442. The Kier molecular flexibility index (Phi) is 4.92. The molecule has 104 valence electrons. The van der Waals surface area contributed by atoms with Gasteiger partial charge in [0.1, 0.15) is 0 Å². The summed E-state index contributed by atoms with van der Waals surface area (Å²) >= 11 is 7.20. The van der Waals surface area contributed by atoms with Gasteiger partial charge in [0.2, 0.25) is 0 Å². The maximum Gasteiger partial charge on any atom is 0.311 e. The molecular formula is C14H27ClN2Si. The van der Waals surface area contributed by atoms with Crippen molar-refractivity contribution in [3.8, 4) is 0 Å². The van der Waals surface area contributed by atoms with Crippen LogP contribution in [-0.2, 0) is 0 Å². The SMILES string of the molecule is C/C=C/C[Si]1(Cl)N(CC)C2CCCC[C@@H]2N1CC. The van der Waals surface area contributed by atoms with Crippen molar-refractivity contribution in [1.82, 2.24) is 9.13 Å². The number of hydrogen-bond acceptors (Lipinski definition) is 2. The van der Waals surface area contributed by atoms with E-state index in [2.05, 4.69) is 42.1 Å². The topological polar surface area (TPSA) is 6.48 Å². The third-order valence-electron chi connectivity index (χ3n) is 4.67. The lowest BCUT2D eigenvalue weighted by atomic mass is 9.90. The van der Waals surface area contributed by atoms with Crippen LogP contribution < -0.4 is 0 Å². The summed E-state index contributed by atoms with van der Waals surface area (Å²) in [5.74, 6) is 0. The van der Waals surface area contributed by atoms with E-state index in [0.29, 0.717) is 0 Å². The Morgan fingerprint density at radius 2 is 1.61 bits per heavy atom. The van der Waals surface area contributed by atoms with Gasteiger partial charge in [-0.2, -0.15) is 0 Å². The number of allylic oxidation sites excluding steroid dienone is 2. The number of hydrogen-bond donors (Lipinski definition) is 0. The molecule has 2 nitrogen and oxygen atoms in total. The molecule has 1 aliphatic carbocycles. The van der Waals surface area contributed by atoms with Gasteiger partial charge in [-0.15, -0.1) is 11.1 Å². The van der Waals surface area contributed by atoms with Crippen LogP contribution in [0.25, 0.3) is 0 Å². The van der Waals surface area contributed by atoms with Crippen LogP contribution >= 0.6 is 11.1 Å². The van der Waals surface area contributed by atoms with Crippen molar-refractivity contribution in [1.29, 1.82) is 0 Å². The summed E-state index contributed by atoms with van der Waals surface area (Å²) in [7, 11) is -1.94. The van der Waals surface area contributed by atoms with Crippen molar-refractivity contribution < 1.29 is 0 Å². The second kappa shape index (κ2) is 6.08. The van der Waals surface area contributed by atoms with Crippen LogP contribution in [0.2, 0.25) is 6.04 Å². The normalized spacial score (nSPS) is 38.4. The zero-order valence-corrected chi connectivity index (χ0v) is 13.8. The Labute approximate surface area is 118 Å². The molecule has 0 radical (unpaired) electrons. The van der Waals surface area contributed by atoms with Gasteiger partial charge in [0.05, 0.1) is 0 Å². The second-order valence-electron chi connectivity index (χ2n) is 5.48. The Morgan fingerprint density at radius 1 is 1.11 bits per heavy atom. The van der Waals surface area contributed by atoms with Gasteiger partial charge >= 0.3 is 7.71 Å². The minimum Gasteiger partial charge on any atom is -0.295 e. The van der Waals surface area contributed by atoms with E-state index in [1.807, 2.05) is 0 Å². The number of rotatable bonds is 4. The summed E-state index contributed by atoms with van der Waals surface area (Å²) in [6, 6.07) is 2.54. The summed E-state index contributed by atoms with van der Waals surface area (Å²) in [5.41, 5.74) is 0. The molecule has 2 unspecified atom stereocenters. The minimum atomic E-state index is -1.94. The Bertz CT molecular complexity index is 288. The van der Waals surface area contributed by atoms with Gasteiger partial charge < -0.3 is 0 Å². The van der Waals surface area contributed by atoms with E-state index in [0.717, 1.165) is 31.2 Å². The van der Waals surface area contributed by atoms with Crippen molar-refractivity contribution in [2.24, 2.45) is 0 Å². The maximum atomic E-state index is 7.20. The molecule has 0 N–H and O–H groups in total. The molecule has 0 aromatic rings. The van der Waals surface area contributed by atoms with Crippen LogP contribution in [-0.4, -0.2) is 42.0 Å². The van der Waals surface area contributed by atoms with Crippen LogP contribution in [0.3, 0.4) is 0 Å². The third kappa shape index (κ3) is 2.31. The summed E-state index contributed by atoms with van der Waals surface area (Å²) in [6.45, 7) is 8.90. The summed E-state index contributed by atoms with van der Waals surface area (Å²) in [6.07, 6.45) is 9.92. The van der Waals surface area contributed by atoms with Gasteiger partial charge in [0.15, 0.2) is 0 Å². The molecular weight excluding hydrogens is 260 g/mol. The first-order chi connectivity index (χ1) is 8.69. The smallest absolute Gasteiger partial charge is 0.295 e. The molecule has 1 heterocycles. The average Bonchev–Trinajstić information content (AvgIpc) is 2.64. The fourth-order valence-electron chi connectivity index (χ4n) is 3.95. The molecule has 2 fully saturated rings. The molecule has 1 saturated heterocycles. The highest BCUT2D eigenvalue weighted by Gasteiger charge is 2.57. The van der Waals surface area contributed by atoms with E-state index in [-0.39, 0.29) is 0 Å². The third-order valence-corrected chi connectivity index (χ3v) is 10.2. The predicted molar refractivity (Wildman–Crippen MR) is 82.0 cm³/mol. The second-order valence-corrected chi connectivity index (χ2v) is 10.3. The highest BCUT2D eigenvalue weighted by Crippen LogP contribution is 2.43. The molecule has 0 amide bonds. The van der Waals surface area contributed by atoms with E-state index in [4.69, 9.17) is 11.1 Å². The molecule has 0 aromatic heterocycles. The number of halogens is 1. The molecule has 1 saturated carbocycles. The lowest BCUT2D eigenvalue weighted by Gasteiger charge is -2.35. The van der Waals surface area contributed by atoms with E-state index in [1.54, 1.807) is 0 Å². The highest BCUT2D eigenvalue weighted by molar-refractivity contribution is 7.17. The number of fused-ring (bicyclic) bond motifs is 1. The maximum absolute atomic E-state index is 7.20. The Hall–Kier alpha value is 0.167. The van der Waals surface area contributed by atoms with Crippen molar-refractivity contribution in [3.63, 3.8) is 0 Å². The molecule has 1 aliphatic heterocycles. The van der Waals surface area contributed by atoms with E-state index < -0.39 is 7.71 Å². The molecule has 0 spiro atoms. The minimum absolute atomic E-state index is 0.734. The highest BCUT2D eigenvalue weighted by atomic mass is 35.6. The zero-order chi connectivity index (χ0) is 13.2. The molecule has 2 aliphatic rings. The average molecular weight is 287 g/mol. The zero-order valence-electron chi connectivity index (χ0n) is 12.0. The molecule has 18 heavy (non-hydrogen) atoms. The van der Waals surface area contributed by atoms with Crippen LogP contribution in [0.1, 0.15) is 46.5 Å². The molecule has 0 aromatic carbocycles. The Morgan fingerprint density at radius 3 is 2.00 bits per heavy atom. The Balaban J connectivity index is 2.28. The number of likely N-dealkylation sites (N-methyl/N-ethyl adjacent to an activating group) is 2. The van der Waals surface area contributed by atoms with Crippen LogP contribution in [0.4, 0.5) is 0 Å². The van der Waals surface area contributed by atoms with Gasteiger partial charge in [0.25, 0.3) is 0 Å². The van der Waals surface area contributed by atoms with E-state index in [1.165, 1.54) is 25.7 Å². The van der Waals surface area contributed by atoms with Gasteiger partial charge in [0, 0.05) is 18.1 Å². The van der Waals surface area contributed by atoms with Crippen molar-refractivity contribution >= 4 is 18.8 Å².